The fourth-order valence-electron chi connectivity index (χ4n) is 4.00. The number of hydrogen-bond acceptors (Lipinski definition) is 5. The maximum atomic E-state index is 12.8. The number of carboxylic acid groups (broad SMARTS) is 1. The van der Waals surface area contributed by atoms with E-state index in [9.17, 15) is 19.5 Å². The van der Waals surface area contributed by atoms with Gasteiger partial charge >= 0.3 is 12.1 Å². The number of aliphatic carboxylic acids is 1. The largest absolute Gasteiger partial charge is 0.480 e. The van der Waals surface area contributed by atoms with Gasteiger partial charge in [-0.2, -0.15) is 5.10 Å². The summed E-state index contributed by atoms with van der Waals surface area (Å²) in [6.07, 6.45) is 0.551. The Morgan fingerprint density at radius 3 is 2.27 bits per heavy atom. The van der Waals surface area contributed by atoms with Crippen LogP contribution in [0.3, 0.4) is 0 Å². The Morgan fingerprint density at radius 2 is 1.70 bits per heavy atom. The summed E-state index contributed by atoms with van der Waals surface area (Å²) >= 11 is 0. The summed E-state index contributed by atoms with van der Waals surface area (Å²) in [5, 5.41) is 15.8. The van der Waals surface area contributed by atoms with E-state index in [0.29, 0.717) is 0 Å². The number of amides is 2. The second kappa shape index (κ2) is 8.78. The molecule has 1 atom stereocenters. The number of carbonyl (C=O) groups excluding carboxylic acids is 2. The predicted octanol–water partition coefficient (Wildman–Crippen LogP) is 3.33. The topological polar surface area (TPSA) is 114 Å². The second-order valence-electron chi connectivity index (χ2n) is 7.91. The summed E-state index contributed by atoms with van der Waals surface area (Å²) < 4.78 is 6.87. The zero-order valence-electron chi connectivity index (χ0n) is 18.5. The Hall–Kier alpha value is -4.14. The van der Waals surface area contributed by atoms with Gasteiger partial charge in [-0.3, -0.25) is 14.8 Å². The van der Waals surface area contributed by atoms with Crippen molar-refractivity contribution in [3.8, 4) is 11.1 Å². The molecule has 2 N–H and O–H groups in total. The molecule has 9 heteroatoms. The summed E-state index contributed by atoms with van der Waals surface area (Å²) in [5.41, 5.74) is 4.50. The quantitative estimate of drug-likeness (QED) is 0.598. The lowest BCUT2D eigenvalue weighted by atomic mass is 9.98. The molecule has 0 aliphatic heterocycles. The zero-order valence-corrected chi connectivity index (χ0v) is 18.5. The van der Waals surface area contributed by atoms with Crippen LogP contribution in [0.1, 0.15) is 34.3 Å². The molecular weight excluding hydrogens is 424 g/mol. The van der Waals surface area contributed by atoms with Gasteiger partial charge in [-0.05, 0) is 29.2 Å². The van der Waals surface area contributed by atoms with Crippen LogP contribution in [0.4, 0.5) is 10.6 Å². The van der Waals surface area contributed by atoms with E-state index in [1.54, 1.807) is 7.05 Å². The van der Waals surface area contributed by atoms with Crippen LogP contribution in [0.25, 0.3) is 11.1 Å². The van der Waals surface area contributed by atoms with Crippen LogP contribution in [0.2, 0.25) is 0 Å². The third-order valence-corrected chi connectivity index (χ3v) is 5.99. The molecule has 4 rings (SSSR count). The van der Waals surface area contributed by atoms with Crippen molar-refractivity contribution in [1.82, 2.24) is 14.7 Å². The monoisotopic (exact) mass is 448 g/mol. The molecule has 0 spiro atoms. The van der Waals surface area contributed by atoms with Crippen LogP contribution in [-0.2, 0) is 16.6 Å². The Bertz CT molecular complexity index is 1190. The van der Waals surface area contributed by atoms with Crippen LogP contribution in [0.15, 0.2) is 54.7 Å². The van der Waals surface area contributed by atoms with E-state index in [-0.39, 0.29) is 23.9 Å². The minimum Gasteiger partial charge on any atom is -0.480 e. The molecule has 0 unspecified atom stereocenters. The van der Waals surface area contributed by atoms with Gasteiger partial charge in [-0.15, -0.1) is 0 Å². The molecule has 1 aromatic heterocycles. The van der Waals surface area contributed by atoms with E-state index in [1.165, 1.54) is 24.9 Å². The molecule has 3 aromatic rings. The van der Waals surface area contributed by atoms with E-state index in [4.69, 9.17) is 4.74 Å². The molecule has 0 bridgehead atoms. The van der Waals surface area contributed by atoms with Crippen LogP contribution < -0.4 is 5.32 Å². The fourth-order valence-corrected chi connectivity index (χ4v) is 4.00. The number of benzene rings is 2. The number of ether oxygens (including phenoxy) is 1. The Balaban J connectivity index is 1.48. The van der Waals surface area contributed by atoms with Gasteiger partial charge in [0, 0.05) is 20.0 Å². The Kier molecular flexibility index (Phi) is 5.87. The third kappa shape index (κ3) is 4.05. The number of carbonyl (C=O) groups is 3. The third-order valence-electron chi connectivity index (χ3n) is 5.99. The summed E-state index contributed by atoms with van der Waals surface area (Å²) in [5.74, 6) is -1.69. The lowest BCUT2D eigenvalue weighted by Crippen LogP contribution is -2.40. The molecule has 2 amide bonds. The lowest BCUT2D eigenvalue weighted by molar-refractivity contribution is -0.141. The number of likely N-dealkylation sites (N-methyl/N-ethyl adjacent to an activating group) is 1. The van der Waals surface area contributed by atoms with Gasteiger partial charge < -0.3 is 14.7 Å². The minimum atomic E-state index is -1.14. The van der Waals surface area contributed by atoms with Crippen LogP contribution in [-0.4, -0.2) is 57.5 Å². The zero-order chi connectivity index (χ0) is 23.7. The number of nitrogens with zero attached hydrogens (tertiary/aromatic N) is 3. The van der Waals surface area contributed by atoms with E-state index in [2.05, 4.69) is 22.5 Å². The highest BCUT2D eigenvalue weighted by Gasteiger charge is 2.30. The van der Waals surface area contributed by atoms with E-state index in [0.717, 1.165) is 27.2 Å². The van der Waals surface area contributed by atoms with E-state index < -0.39 is 24.0 Å². The van der Waals surface area contributed by atoms with Crippen molar-refractivity contribution in [2.45, 2.75) is 18.9 Å². The molecular formula is C24H24N4O5. The molecule has 33 heavy (non-hydrogen) atoms. The number of carboxylic acids is 1. The molecule has 0 saturated carbocycles. The number of hydrogen-bond donors (Lipinski definition) is 2. The molecule has 170 valence electrons. The van der Waals surface area contributed by atoms with Gasteiger partial charge in [0.15, 0.2) is 0 Å². The SMILES string of the molecule is C[C@@H](C(=O)O)N(C)C(=O)c1cnn(C)c1NC(=O)OCC1c2ccccc2-c2ccccc21. The van der Waals surface area contributed by atoms with E-state index in [1.807, 2.05) is 36.4 Å². The Labute approximate surface area is 190 Å². The number of nitrogens with one attached hydrogen (secondary N) is 1. The fraction of sp³-hybridized carbons (Fsp3) is 0.250. The van der Waals surface area contributed by atoms with Crippen molar-refractivity contribution < 1.29 is 24.2 Å². The van der Waals surface area contributed by atoms with E-state index >= 15 is 0 Å². The maximum absolute atomic E-state index is 12.8. The van der Waals surface area contributed by atoms with Crippen LogP contribution in [0, 0.1) is 0 Å². The maximum Gasteiger partial charge on any atom is 0.412 e. The highest BCUT2D eigenvalue weighted by Crippen LogP contribution is 2.44. The summed E-state index contributed by atoms with van der Waals surface area (Å²) in [6.45, 7) is 1.52. The van der Waals surface area contributed by atoms with Crippen molar-refractivity contribution in [2.24, 2.45) is 7.05 Å². The molecule has 1 heterocycles. The smallest absolute Gasteiger partial charge is 0.412 e. The van der Waals surface area contributed by atoms with Crippen molar-refractivity contribution >= 4 is 23.8 Å². The van der Waals surface area contributed by atoms with Gasteiger partial charge in [0.25, 0.3) is 5.91 Å². The first kappa shape index (κ1) is 22.1. The first-order chi connectivity index (χ1) is 15.8. The van der Waals surface area contributed by atoms with Crippen molar-refractivity contribution in [2.75, 3.05) is 19.0 Å². The van der Waals surface area contributed by atoms with Gasteiger partial charge in [0.05, 0.1) is 6.20 Å². The normalized spacial score (nSPS) is 13.1. The van der Waals surface area contributed by atoms with Crippen molar-refractivity contribution in [3.05, 3.63) is 71.4 Å². The first-order valence-corrected chi connectivity index (χ1v) is 10.4. The van der Waals surface area contributed by atoms with Crippen LogP contribution >= 0.6 is 0 Å². The van der Waals surface area contributed by atoms with Crippen LogP contribution in [0.5, 0.6) is 0 Å². The van der Waals surface area contributed by atoms with Gasteiger partial charge in [0.1, 0.15) is 24.0 Å². The summed E-state index contributed by atoms with van der Waals surface area (Å²) in [4.78, 5) is 37.7. The van der Waals surface area contributed by atoms with Crippen molar-refractivity contribution in [3.63, 3.8) is 0 Å². The number of fused-ring (bicyclic) bond motifs is 3. The summed E-state index contributed by atoms with van der Waals surface area (Å²) in [6, 6.07) is 15.0. The molecule has 1 aliphatic carbocycles. The number of rotatable bonds is 6. The number of anilines is 1. The first-order valence-electron chi connectivity index (χ1n) is 10.4. The molecule has 9 nitrogen and oxygen atoms in total. The summed E-state index contributed by atoms with van der Waals surface area (Å²) in [7, 11) is 2.95. The number of aryl methyl sites for hydroxylation is 1. The molecule has 2 aromatic carbocycles. The standard InChI is InChI=1S/C24H24N4O5/c1-14(23(30)31)27(2)22(29)19-12-25-28(3)21(19)26-24(32)33-13-20-17-10-6-4-8-15(17)16-9-5-7-11-18(16)20/h4-12,14,20H,13H2,1-3H3,(H,26,32)(H,30,31)/t14-/m0/s1. The Morgan fingerprint density at radius 1 is 1.12 bits per heavy atom. The average molecular weight is 448 g/mol. The second-order valence-corrected chi connectivity index (χ2v) is 7.91. The predicted molar refractivity (Wildman–Crippen MR) is 121 cm³/mol. The average Bonchev–Trinajstić information content (AvgIpc) is 3.34. The molecule has 0 saturated heterocycles. The van der Waals surface area contributed by atoms with Gasteiger partial charge in [-0.1, -0.05) is 48.5 Å². The molecule has 1 aliphatic rings. The molecule has 0 fully saturated rings. The highest BCUT2D eigenvalue weighted by atomic mass is 16.5. The molecule has 0 radical (unpaired) electrons. The minimum absolute atomic E-state index is 0.0709. The highest BCUT2D eigenvalue weighted by molar-refractivity contribution is 6.02. The van der Waals surface area contributed by atoms with Crippen molar-refractivity contribution in [1.29, 1.82) is 0 Å². The van der Waals surface area contributed by atoms with Gasteiger partial charge in [-0.25, -0.2) is 9.59 Å². The van der Waals surface area contributed by atoms with Gasteiger partial charge in [0.2, 0.25) is 0 Å². The number of aromatic nitrogens is 2. The lowest BCUT2D eigenvalue weighted by Gasteiger charge is -2.21.